The Balaban J connectivity index is 3.25. The first-order valence-electron chi connectivity index (χ1n) is 6.97. The SMILES string of the molecule is CC(=O)O[C@H]1[C@H]([C@H](O)[C@H](O)CO)OC(O)(C(=O)O)C[C@@H]1OC(C)=O. The molecule has 6 atom stereocenters. The Morgan fingerprint density at radius 2 is 1.75 bits per heavy atom. The molecule has 0 aromatic heterocycles. The number of ether oxygens (including phenoxy) is 3. The highest BCUT2D eigenvalue weighted by Crippen LogP contribution is 2.33. The highest BCUT2D eigenvalue weighted by atomic mass is 16.7. The zero-order chi connectivity index (χ0) is 18.7. The number of rotatable bonds is 6. The number of aliphatic hydroxyl groups is 4. The largest absolute Gasteiger partial charge is 0.477 e. The molecule has 138 valence electrons. The van der Waals surface area contributed by atoms with E-state index in [9.17, 15) is 29.7 Å². The molecule has 1 unspecified atom stereocenters. The molecule has 1 saturated heterocycles. The van der Waals surface area contributed by atoms with Crippen molar-refractivity contribution in [1.82, 2.24) is 0 Å². The molecule has 0 spiro atoms. The van der Waals surface area contributed by atoms with Gasteiger partial charge in [0.2, 0.25) is 0 Å². The molecule has 0 aromatic rings. The van der Waals surface area contributed by atoms with Gasteiger partial charge in [-0.3, -0.25) is 9.59 Å². The zero-order valence-corrected chi connectivity index (χ0v) is 13.0. The van der Waals surface area contributed by atoms with Gasteiger partial charge in [0.25, 0.3) is 5.79 Å². The molecule has 1 heterocycles. The van der Waals surface area contributed by atoms with E-state index in [0.29, 0.717) is 0 Å². The number of carbonyl (C=O) groups excluding carboxylic acids is 2. The number of esters is 2. The lowest BCUT2D eigenvalue weighted by Crippen LogP contribution is -2.64. The van der Waals surface area contributed by atoms with Crippen LogP contribution >= 0.6 is 0 Å². The third-order valence-electron chi connectivity index (χ3n) is 3.37. The van der Waals surface area contributed by atoms with E-state index in [0.717, 1.165) is 13.8 Å². The Morgan fingerprint density at radius 3 is 2.17 bits per heavy atom. The molecule has 0 aliphatic carbocycles. The van der Waals surface area contributed by atoms with Gasteiger partial charge in [-0.25, -0.2) is 4.79 Å². The lowest BCUT2D eigenvalue weighted by atomic mass is 9.90. The van der Waals surface area contributed by atoms with E-state index in [1.54, 1.807) is 0 Å². The number of aliphatic hydroxyl groups excluding tert-OH is 3. The summed E-state index contributed by atoms with van der Waals surface area (Å²) < 4.78 is 14.7. The van der Waals surface area contributed by atoms with Gasteiger partial charge in [-0.15, -0.1) is 0 Å². The van der Waals surface area contributed by atoms with Crippen molar-refractivity contribution >= 4 is 17.9 Å². The van der Waals surface area contributed by atoms with Crippen LogP contribution in [0.1, 0.15) is 20.3 Å². The predicted octanol–water partition coefficient (Wildman–Crippen LogP) is -2.87. The molecular formula is C13H20O11. The minimum Gasteiger partial charge on any atom is -0.477 e. The summed E-state index contributed by atoms with van der Waals surface area (Å²) in [5, 5.41) is 47.6. The normalized spacial score (nSPS) is 32.5. The monoisotopic (exact) mass is 352 g/mol. The molecule has 0 bridgehead atoms. The Labute approximate surface area is 136 Å². The first-order chi connectivity index (χ1) is 11.0. The second-order valence-electron chi connectivity index (χ2n) is 5.34. The van der Waals surface area contributed by atoms with Crippen molar-refractivity contribution in [3.05, 3.63) is 0 Å². The van der Waals surface area contributed by atoms with Crippen molar-refractivity contribution in [3.8, 4) is 0 Å². The van der Waals surface area contributed by atoms with Crippen LogP contribution in [0.5, 0.6) is 0 Å². The molecule has 1 rings (SSSR count). The second kappa shape index (κ2) is 7.85. The van der Waals surface area contributed by atoms with Crippen LogP contribution in [0.3, 0.4) is 0 Å². The predicted molar refractivity (Wildman–Crippen MR) is 72.3 cm³/mol. The summed E-state index contributed by atoms with van der Waals surface area (Å²) in [6.07, 6.45) is -9.27. The number of hydrogen-bond acceptors (Lipinski definition) is 10. The Hall–Kier alpha value is -1.79. The molecule has 24 heavy (non-hydrogen) atoms. The van der Waals surface area contributed by atoms with Crippen LogP contribution < -0.4 is 0 Å². The fourth-order valence-electron chi connectivity index (χ4n) is 2.33. The first kappa shape index (κ1) is 20.3. The fraction of sp³-hybridized carbons (Fsp3) is 0.769. The fourth-order valence-corrected chi connectivity index (χ4v) is 2.33. The number of carboxylic acid groups (broad SMARTS) is 1. The Morgan fingerprint density at radius 1 is 1.21 bits per heavy atom. The van der Waals surface area contributed by atoms with Crippen molar-refractivity contribution in [1.29, 1.82) is 0 Å². The van der Waals surface area contributed by atoms with Crippen LogP contribution in [0.2, 0.25) is 0 Å². The smallest absolute Gasteiger partial charge is 0.364 e. The van der Waals surface area contributed by atoms with Crippen molar-refractivity contribution in [2.75, 3.05) is 6.61 Å². The summed E-state index contributed by atoms with van der Waals surface area (Å²) in [7, 11) is 0. The van der Waals surface area contributed by atoms with Gasteiger partial charge >= 0.3 is 17.9 Å². The van der Waals surface area contributed by atoms with Crippen LogP contribution in [0.15, 0.2) is 0 Å². The van der Waals surface area contributed by atoms with Gasteiger partial charge < -0.3 is 39.7 Å². The van der Waals surface area contributed by atoms with Crippen LogP contribution in [0.25, 0.3) is 0 Å². The molecule has 11 heteroatoms. The Bertz CT molecular complexity index is 492. The number of carbonyl (C=O) groups is 3. The Kier molecular flexibility index (Phi) is 6.63. The topological polar surface area (TPSA) is 180 Å². The minimum absolute atomic E-state index is 0.779. The summed E-state index contributed by atoms with van der Waals surface area (Å²) >= 11 is 0. The van der Waals surface area contributed by atoms with Crippen LogP contribution in [-0.4, -0.2) is 86.4 Å². The van der Waals surface area contributed by atoms with Gasteiger partial charge in [0, 0.05) is 13.8 Å². The van der Waals surface area contributed by atoms with Gasteiger partial charge in [-0.1, -0.05) is 0 Å². The zero-order valence-electron chi connectivity index (χ0n) is 13.0. The molecule has 11 nitrogen and oxygen atoms in total. The van der Waals surface area contributed by atoms with Gasteiger partial charge in [-0.05, 0) is 0 Å². The molecule has 5 N–H and O–H groups in total. The van der Waals surface area contributed by atoms with E-state index in [1.165, 1.54) is 0 Å². The molecule has 1 aliphatic heterocycles. The van der Waals surface area contributed by atoms with Crippen LogP contribution in [0.4, 0.5) is 0 Å². The lowest BCUT2D eigenvalue weighted by Gasteiger charge is -2.44. The van der Waals surface area contributed by atoms with E-state index in [1.807, 2.05) is 0 Å². The van der Waals surface area contributed by atoms with Gasteiger partial charge in [-0.2, -0.15) is 0 Å². The molecular weight excluding hydrogens is 332 g/mol. The number of aliphatic carboxylic acids is 1. The molecule has 0 saturated carbocycles. The lowest BCUT2D eigenvalue weighted by molar-refractivity contribution is -0.315. The van der Waals surface area contributed by atoms with E-state index in [2.05, 4.69) is 0 Å². The third-order valence-corrected chi connectivity index (χ3v) is 3.37. The third kappa shape index (κ3) is 4.61. The van der Waals surface area contributed by atoms with Crippen molar-refractivity contribution in [2.24, 2.45) is 0 Å². The van der Waals surface area contributed by atoms with Crippen molar-refractivity contribution in [3.63, 3.8) is 0 Å². The van der Waals surface area contributed by atoms with Crippen LogP contribution in [-0.2, 0) is 28.6 Å². The molecule has 1 fully saturated rings. The molecule has 1 aliphatic rings. The maximum atomic E-state index is 11.3. The van der Waals surface area contributed by atoms with Gasteiger partial charge in [0.05, 0.1) is 13.0 Å². The summed E-state index contributed by atoms with van der Waals surface area (Å²) in [5.41, 5.74) is 0. The van der Waals surface area contributed by atoms with E-state index < -0.39 is 67.2 Å². The summed E-state index contributed by atoms with van der Waals surface area (Å²) in [6.45, 7) is 1.10. The quantitative estimate of drug-likeness (QED) is 0.310. The average Bonchev–Trinajstić information content (AvgIpc) is 2.47. The minimum atomic E-state index is -2.86. The van der Waals surface area contributed by atoms with E-state index in [4.69, 9.17) is 24.4 Å². The summed E-state index contributed by atoms with van der Waals surface area (Å²) in [4.78, 5) is 33.7. The number of hydrogen-bond donors (Lipinski definition) is 5. The van der Waals surface area contributed by atoms with Crippen molar-refractivity contribution < 1.29 is 54.1 Å². The van der Waals surface area contributed by atoms with E-state index in [-0.39, 0.29) is 0 Å². The highest BCUT2D eigenvalue weighted by Gasteiger charge is 2.56. The van der Waals surface area contributed by atoms with E-state index >= 15 is 0 Å². The highest BCUT2D eigenvalue weighted by molar-refractivity contribution is 5.76. The molecule has 0 amide bonds. The average molecular weight is 352 g/mol. The summed E-state index contributed by atoms with van der Waals surface area (Å²) in [5.74, 6) is -6.42. The number of carboxylic acids is 1. The maximum absolute atomic E-state index is 11.3. The van der Waals surface area contributed by atoms with Crippen molar-refractivity contribution in [2.45, 2.75) is 56.6 Å². The molecule has 0 aromatic carbocycles. The summed E-state index contributed by atoms with van der Waals surface area (Å²) in [6, 6.07) is 0. The second-order valence-corrected chi connectivity index (χ2v) is 5.34. The molecule has 0 radical (unpaired) electrons. The standard InChI is InChI=1S/C13H20O11/c1-5(15)22-8-3-13(21,12(19)20)24-11(9(18)7(17)4-14)10(8)23-6(2)16/h7-11,14,17-18,21H,3-4H2,1-2H3,(H,19,20)/t7-,8+,9-,10-,11+,13?/m1/s1. The van der Waals surface area contributed by atoms with Crippen LogP contribution in [0, 0.1) is 0 Å². The maximum Gasteiger partial charge on any atom is 0.364 e. The van der Waals surface area contributed by atoms with Gasteiger partial charge in [0.15, 0.2) is 6.10 Å². The first-order valence-corrected chi connectivity index (χ1v) is 6.97. The van der Waals surface area contributed by atoms with Gasteiger partial charge in [0.1, 0.15) is 24.4 Å².